The van der Waals surface area contributed by atoms with Crippen molar-refractivity contribution in [2.75, 3.05) is 18.8 Å². The van der Waals surface area contributed by atoms with Crippen molar-refractivity contribution in [3.8, 4) is 0 Å². The second-order valence-corrected chi connectivity index (χ2v) is 8.39. The lowest BCUT2D eigenvalue weighted by Crippen LogP contribution is -2.49. The zero-order chi connectivity index (χ0) is 14.8. The third-order valence-electron chi connectivity index (χ3n) is 3.94. The third-order valence-corrected chi connectivity index (χ3v) is 5.49. The number of halogens is 1. The summed E-state index contributed by atoms with van der Waals surface area (Å²) < 4.78 is 0.302. The normalized spacial score (nSPS) is 22.4. The van der Waals surface area contributed by atoms with Gasteiger partial charge < -0.3 is 5.73 Å². The maximum atomic E-state index is 6.43. The predicted octanol–water partition coefficient (Wildman–Crippen LogP) is 3.95. The molecule has 1 aromatic rings. The molecule has 2 atom stereocenters. The number of thioether (sulfide) groups is 1. The molecule has 2 N–H and O–H groups in total. The van der Waals surface area contributed by atoms with Crippen LogP contribution in [0.2, 0.25) is 5.02 Å². The lowest BCUT2D eigenvalue weighted by molar-refractivity contribution is 0.161. The summed E-state index contributed by atoms with van der Waals surface area (Å²) in [5.74, 6) is 1.17. The van der Waals surface area contributed by atoms with E-state index in [0.29, 0.717) is 4.75 Å². The Morgan fingerprint density at radius 2 is 2.00 bits per heavy atom. The summed E-state index contributed by atoms with van der Waals surface area (Å²) in [6.45, 7) is 8.99. The van der Waals surface area contributed by atoms with E-state index < -0.39 is 0 Å². The summed E-state index contributed by atoms with van der Waals surface area (Å²) in [4.78, 5) is 2.55. The molecule has 0 aliphatic carbocycles. The van der Waals surface area contributed by atoms with E-state index in [1.807, 2.05) is 12.1 Å². The van der Waals surface area contributed by atoms with Crippen LogP contribution in [-0.2, 0) is 0 Å². The molecule has 4 heteroatoms. The molecule has 1 aliphatic rings. The first kappa shape index (κ1) is 16.2. The summed E-state index contributed by atoms with van der Waals surface area (Å²) >= 11 is 8.07. The smallest absolute Gasteiger partial charge is 0.0499 e. The van der Waals surface area contributed by atoms with Gasteiger partial charge in [-0.15, -0.1) is 0 Å². The third kappa shape index (κ3) is 3.91. The van der Waals surface area contributed by atoms with E-state index in [1.165, 1.54) is 11.3 Å². The average Bonchev–Trinajstić information content (AvgIpc) is 2.40. The van der Waals surface area contributed by atoms with Crippen molar-refractivity contribution < 1.29 is 0 Å². The fourth-order valence-electron chi connectivity index (χ4n) is 2.90. The van der Waals surface area contributed by atoms with E-state index in [2.05, 4.69) is 49.6 Å². The largest absolute Gasteiger partial charge is 0.326 e. The van der Waals surface area contributed by atoms with Crippen LogP contribution in [0.5, 0.6) is 0 Å². The number of rotatable bonds is 4. The molecule has 112 valence electrons. The molecule has 2 unspecified atom stereocenters. The van der Waals surface area contributed by atoms with Gasteiger partial charge in [0.15, 0.2) is 0 Å². The average molecular weight is 313 g/mol. The molecule has 1 aromatic carbocycles. The van der Waals surface area contributed by atoms with Crippen molar-refractivity contribution in [3.05, 3.63) is 34.9 Å². The van der Waals surface area contributed by atoms with E-state index >= 15 is 0 Å². The molecule has 2 nitrogen and oxygen atoms in total. The first-order chi connectivity index (χ1) is 9.43. The fraction of sp³-hybridized carbons (Fsp3) is 0.625. The van der Waals surface area contributed by atoms with Crippen LogP contribution in [0.3, 0.4) is 0 Å². The van der Waals surface area contributed by atoms with Crippen LogP contribution in [0, 0.1) is 0 Å². The zero-order valence-corrected chi connectivity index (χ0v) is 14.2. The van der Waals surface area contributed by atoms with Gasteiger partial charge in [-0.05, 0) is 38.0 Å². The van der Waals surface area contributed by atoms with Crippen molar-refractivity contribution in [2.24, 2.45) is 5.73 Å². The van der Waals surface area contributed by atoms with Crippen molar-refractivity contribution >= 4 is 23.4 Å². The van der Waals surface area contributed by atoms with E-state index in [4.69, 9.17) is 17.3 Å². The fourth-order valence-corrected chi connectivity index (χ4v) is 4.16. The first-order valence-corrected chi connectivity index (χ1v) is 8.68. The summed E-state index contributed by atoms with van der Waals surface area (Å²) in [6, 6.07) is 8.63. The van der Waals surface area contributed by atoms with Gasteiger partial charge in [0.05, 0.1) is 0 Å². The van der Waals surface area contributed by atoms with Crippen LogP contribution < -0.4 is 5.73 Å². The minimum atomic E-state index is 0.162. The number of hydrogen-bond acceptors (Lipinski definition) is 3. The monoisotopic (exact) mass is 312 g/mol. The van der Waals surface area contributed by atoms with Crippen molar-refractivity contribution in [1.82, 2.24) is 4.90 Å². The van der Waals surface area contributed by atoms with Crippen LogP contribution in [0.4, 0.5) is 0 Å². The molecular weight excluding hydrogens is 288 g/mol. The highest BCUT2D eigenvalue weighted by Gasteiger charge is 2.33. The standard InChI is InChI=1S/C16H25ClN2S/c1-4-14(18)15(12-5-7-13(17)8-6-12)19-9-10-20-16(2,3)11-19/h5-8,14-15H,4,9-11,18H2,1-3H3. The van der Waals surface area contributed by atoms with E-state index in [1.54, 1.807) is 0 Å². The Bertz CT molecular complexity index is 433. The van der Waals surface area contributed by atoms with E-state index in [0.717, 1.165) is 24.5 Å². The molecule has 0 amide bonds. The maximum Gasteiger partial charge on any atom is 0.0499 e. The summed E-state index contributed by atoms with van der Waals surface area (Å²) in [6.07, 6.45) is 0.983. The second kappa shape index (κ2) is 6.69. The van der Waals surface area contributed by atoms with Gasteiger partial charge in [0.1, 0.15) is 0 Å². The van der Waals surface area contributed by atoms with Crippen LogP contribution in [0.15, 0.2) is 24.3 Å². The minimum absolute atomic E-state index is 0.162. The van der Waals surface area contributed by atoms with Crippen LogP contribution in [0.1, 0.15) is 38.8 Å². The zero-order valence-electron chi connectivity index (χ0n) is 12.6. The van der Waals surface area contributed by atoms with Crippen molar-refractivity contribution in [1.29, 1.82) is 0 Å². The van der Waals surface area contributed by atoms with Gasteiger partial charge in [0.25, 0.3) is 0 Å². The number of nitrogens with zero attached hydrogens (tertiary/aromatic N) is 1. The SMILES string of the molecule is CCC(N)C(c1ccc(Cl)cc1)N1CCSC(C)(C)C1. The van der Waals surface area contributed by atoms with Gasteiger partial charge in [0.2, 0.25) is 0 Å². The maximum absolute atomic E-state index is 6.43. The van der Waals surface area contributed by atoms with E-state index in [-0.39, 0.29) is 12.1 Å². The van der Waals surface area contributed by atoms with Crippen molar-refractivity contribution in [2.45, 2.75) is 44.0 Å². The molecule has 0 saturated carbocycles. The molecule has 1 heterocycles. The lowest BCUT2D eigenvalue weighted by Gasteiger charge is -2.44. The van der Waals surface area contributed by atoms with Gasteiger partial charge in [-0.3, -0.25) is 4.90 Å². The Kier molecular flexibility index (Phi) is 5.41. The van der Waals surface area contributed by atoms with E-state index in [9.17, 15) is 0 Å². The minimum Gasteiger partial charge on any atom is -0.326 e. The highest BCUT2D eigenvalue weighted by molar-refractivity contribution is 8.00. The predicted molar refractivity (Wildman–Crippen MR) is 90.6 cm³/mol. The van der Waals surface area contributed by atoms with Gasteiger partial charge >= 0.3 is 0 Å². The van der Waals surface area contributed by atoms with Gasteiger partial charge in [-0.2, -0.15) is 11.8 Å². The number of benzene rings is 1. The summed E-state index contributed by atoms with van der Waals surface area (Å²) in [5, 5.41) is 0.784. The number of nitrogens with two attached hydrogens (primary N) is 1. The molecule has 1 fully saturated rings. The topological polar surface area (TPSA) is 29.3 Å². The Balaban J connectivity index is 2.25. The summed E-state index contributed by atoms with van der Waals surface area (Å²) in [7, 11) is 0. The lowest BCUT2D eigenvalue weighted by atomic mass is 9.95. The molecule has 0 radical (unpaired) electrons. The number of hydrogen-bond donors (Lipinski definition) is 1. The van der Waals surface area contributed by atoms with Gasteiger partial charge in [-0.1, -0.05) is 30.7 Å². The van der Waals surface area contributed by atoms with Crippen LogP contribution in [-0.4, -0.2) is 34.5 Å². The molecule has 2 rings (SSSR count). The highest BCUT2D eigenvalue weighted by Crippen LogP contribution is 2.35. The Morgan fingerprint density at radius 3 is 2.55 bits per heavy atom. The molecule has 1 saturated heterocycles. The molecular formula is C16H25ClN2S. The van der Waals surface area contributed by atoms with Gasteiger partial charge in [0, 0.05) is 40.7 Å². The first-order valence-electron chi connectivity index (χ1n) is 7.32. The Labute approximate surface area is 132 Å². The van der Waals surface area contributed by atoms with Crippen LogP contribution in [0.25, 0.3) is 0 Å². The molecule has 0 aromatic heterocycles. The molecule has 0 spiro atoms. The second-order valence-electron chi connectivity index (χ2n) is 6.15. The molecule has 0 bridgehead atoms. The summed E-state index contributed by atoms with van der Waals surface area (Å²) in [5.41, 5.74) is 7.71. The van der Waals surface area contributed by atoms with Crippen molar-refractivity contribution in [3.63, 3.8) is 0 Å². The molecule has 20 heavy (non-hydrogen) atoms. The molecule has 1 aliphatic heterocycles. The Morgan fingerprint density at radius 1 is 1.35 bits per heavy atom. The Hall–Kier alpha value is -0.220. The van der Waals surface area contributed by atoms with Crippen LogP contribution >= 0.6 is 23.4 Å². The van der Waals surface area contributed by atoms with Gasteiger partial charge in [-0.25, -0.2) is 0 Å². The quantitative estimate of drug-likeness (QED) is 0.913. The highest BCUT2D eigenvalue weighted by atomic mass is 35.5.